The second-order valence-corrected chi connectivity index (χ2v) is 5.65. The Morgan fingerprint density at radius 3 is 2.87 bits per heavy atom. The Kier molecular flexibility index (Phi) is 3.29. The number of carbonyl (C=O) groups excluding carboxylic acids is 1. The fourth-order valence-corrected chi connectivity index (χ4v) is 2.67. The van der Waals surface area contributed by atoms with Gasteiger partial charge in [-0.3, -0.25) is 4.79 Å². The van der Waals surface area contributed by atoms with Crippen molar-refractivity contribution in [3.63, 3.8) is 0 Å². The number of halogens is 1. The molecule has 1 aromatic rings. The number of carbonyl (C=O) groups is 1. The quantitative estimate of drug-likeness (QED) is 0.851. The molecule has 1 heterocycles. The van der Waals surface area contributed by atoms with Crippen LogP contribution in [0, 0.1) is 5.92 Å². The first-order chi connectivity index (χ1) is 7.15. The van der Waals surface area contributed by atoms with Crippen molar-refractivity contribution in [1.29, 1.82) is 0 Å². The first-order valence-corrected chi connectivity index (χ1v) is 6.12. The summed E-state index contributed by atoms with van der Waals surface area (Å²) in [5, 5.41) is 2.89. The third-order valence-corrected chi connectivity index (χ3v) is 3.84. The summed E-state index contributed by atoms with van der Waals surface area (Å²) in [5.74, 6) is 0.233. The molecule has 0 aromatic carbocycles. The van der Waals surface area contributed by atoms with E-state index in [1.165, 1.54) is 11.3 Å². The van der Waals surface area contributed by atoms with Crippen molar-refractivity contribution in [2.24, 2.45) is 11.7 Å². The molecule has 0 radical (unpaired) electrons. The average molecular weight is 245 g/mol. The van der Waals surface area contributed by atoms with Crippen LogP contribution in [-0.4, -0.2) is 11.9 Å². The summed E-state index contributed by atoms with van der Waals surface area (Å²) in [7, 11) is 0. The van der Waals surface area contributed by atoms with Gasteiger partial charge < -0.3 is 11.1 Å². The van der Waals surface area contributed by atoms with Crippen molar-refractivity contribution in [1.82, 2.24) is 5.32 Å². The van der Waals surface area contributed by atoms with Crippen LogP contribution in [0.3, 0.4) is 0 Å². The zero-order valence-electron chi connectivity index (χ0n) is 8.20. The van der Waals surface area contributed by atoms with Gasteiger partial charge in [0.1, 0.15) is 0 Å². The molecule has 0 bridgehead atoms. The summed E-state index contributed by atoms with van der Waals surface area (Å²) in [6, 6.07) is 3.99. The van der Waals surface area contributed by atoms with Crippen molar-refractivity contribution >= 4 is 28.8 Å². The highest BCUT2D eigenvalue weighted by Crippen LogP contribution is 2.26. The fourth-order valence-electron chi connectivity index (χ4n) is 1.64. The van der Waals surface area contributed by atoms with Gasteiger partial charge in [-0.15, -0.1) is 11.3 Å². The van der Waals surface area contributed by atoms with Crippen LogP contribution < -0.4 is 11.1 Å². The molecule has 0 unspecified atom stereocenters. The Balaban J connectivity index is 1.76. The Morgan fingerprint density at radius 1 is 1.60 bits per heavy atom. The van der Waals surface area contributed by atoms with Crippen molar-refractivity contribution < 1.29 is 4.79 Å². The van der Waals surface area contributed by atoms with Gasteiger partial charge in [0.2, 0.25) is 5.91 Å². The van der Waals surface area contributed by atoms with Gasteiger partial charge in [0.15, 0.2) is 0 Å². The molecular weight excluding hydrogens is 232 g/mol. The van der Waals surface area contributed by atoms with Crippen molar-refractivity contribution in [3.05, 3.63) is 21.3 Å². The third-order valence-electron chi connectivity index (χ3n) is 2.61. The average Bonchev–Trinajstić information content (AvgIpc) is 2.56. The highest BCUT2D eigenvalue weighted by Gasteiger charge is 2.31. The smallest absolute Gasteiger partial charge is 0.223 e. The number of nitrogens with one attached hydrogen (secondary N) is 1. The molecule has 15 heavy (non-hydrogen) atoms. The maximum absolute atomic E-state index is 11.6. The predicted octanol–water partition coefficient (Wildman–Crippen LogP) is 1.75. The van der Waals surface area contributed by atoms with Gasteiger partial charge in [-0.05, 0) is 25.0 Å². The summed E-state index contributed by atoms with van der Waals surface area (Å²) in [6.07, 6.45) is 1.63. The highest BCUT2D eigenvalue weighted by molar-refractivity contribution is 7.16. The Morgan fingerprint density at radius 2 is 2.33 bits per heavy atom. The van der Waals surface area contributed by atoms with Crippen LogP contribution in [0.5, 0.6) is 0 Å². The van der Waals surface area contributed by atoms with E-state index in [-0.39, 0.29) is 17.9 Å². The summed E-state index contributed by atoms with van der Waals surface area (Å²) in [6.45, 7) is 0.571. The van der Waals surface area contributed by atoms with E-state index >= 15 is 0 Å². The van der Waals surface area contributed by atoms with E-state index in [1.807, 2.05) is 12.1 Å². The topological polar surface area (TPSA) is 55.1 Å². The maximum atomic E-state index is 11.6. The zero-order valence-corrected chi connectivity index (χ0v) is 9.77. The largest absolute Gasteiger partial charge is 0.351 e. The SMILES string of the molecule is NC1CC(C(=O)NCc2ccc(Cl)s2)C1. The minimum Gasteiger partial charge on any atom is -0.351 e. The minimum absolute atomic E-state index is 0.112. The molecule has 3 nitrogen and oxygen atoms in total. The van der Waals surface area contributed by atoms with Crippen molar-refractivity contribution in [2.75, 3.05) is 0 Å². The third kappa shape index (κ3) is 2.71. The second-order valence-electron chi connectivity index (χ2n) is 3.85. The predicted molar refractivity (Wildman–Crippen MR) is 61.9 cm³/mol. The molecule has 1 aliphatic rings. The van der Waals surface area contributed by atoms with Crippen LogP contribution in [0.2, 0.25) is 4.34 Å². The van der Waals surface area contributed by atoms with E-state index in [0.29, 0.717) is 6.54 Å². The molecule has 2 rings (SSSR count). The number of rotatable bonds is 3. The van der Waals surface area contributed by atoms with E-state index < -0.39 is 0 Å². The van der Waals surface area contributed by atoms with Crippen LogP contribution in [-0.2, 0) is 11.3 Å². The summed E-state index contributed by atoms with van der Waals surface area (Å²) < 4.78 is 0.755. The lowest BCUT2D eigenvalue weighted by Crippen LogP contribution is -2.44. The summed E-state index contributed by atoms with van der Waals surface area (Å²) in [5.41, 5.74) is 5.62. The molecule has 0 saturated heterocycles. The van der Waals surface area contributed by atoms with Crippen LogP contribution in [0.25, 0.3) is 0 Å². The molecule has 82 valence electrons. The lowest BCUT2D eigenvalue weighted by Gasteiger charge is -2.30. The zero-order chi connectivity index (χ0) is 10.8. The Labute approximate surface area is 97.6 Å². The minimum atomic E-state index is 0.112. The lowest BCUT2D eigenvalue weighted by molar-refractivity contribution is -0.128. The number of hydrogen-bond acceptors (Lipinski definition) is 3. The molecule has 0 spiro atoms. The monoisotopic (exact) mass is 244 g/mol. The van der Waals surface area contributed by atoms with Gasteiger partial charge in [-0.2, -0.15) is 0 Å². The number of hydrogen-bond donors (Lipinski definition) is 2. The summed E-state index contributed by atoms with van der Waals surface area (Å²) in [4.78, 5) is 12.6. The van der Waals surface area contributed by atoms with Crippen molar-refractivity contribution in [2.45, 2.75) is 25.4 Å². The first kappa shape index (κ1) is 10.9. The van der Waals surface area contributed by atoms with Crippen LogP contribution in [0.4, 0.5) is 0 Å². The molecular formula is C10H13ClN2OS. The van der Waals surface area contributed by atoms with Gasteiger partial charge in [0.05, 0.1) is 10.9 Å². The van der Waals surface area contributed by atoms with E-state index in [0.717, 1.165) is 22.1 Å². The molecule has 0 aliphatic heterocycles. The molecule has 5 heteroatoms. The number of nitrogens with two attached hydrogens (primary N) is 1. The molecule has 3 N–H and O–H groups in total. The maximum Gasteiger partial charge on any atom is 0.223 e. The van der Waals surface area contributed by atoms with E-state index in [4.69, 9.17) is 17.3 Å². The molecule has 1 aromatic heterocycles. The van der Waals surface area contributed by atoms with Gasteiger partial charge in [-0.25, -0.2) is 0 Å². The number of amides is 1. The highest BCUT2D eigenvalue weighted by atomic mass is 35.5. The second kappa shape index (κ2) is 4.51. The lowest BCUT2D eigenvalue weighted by atomic mass is 9.80. The van der Waals surface area contributed by atoms with E-state index in [9.17, 15) is 4.79 Å². The Bertz CT molecular complexity index is 360. The fraction of sp³-hybridized carbons (Fsp3) is 0.500. The molecule has 1 aliphatic carbocycles. The number of thiophene rings is 1. The molecule has 0 atom stereocenters. The summed E-state index contributed by atoms with van der Waals surface area (Å²) >= 11 is 7.28. The van der Waals surface area contributed by atoms with Crippen LogP contribution in [0.15, 0.2) is 12.1 Å². The first-order valence-electron chi connectivity index (χ1n) is 4.92. The van der Waals surface area contributed by atoms with Crippen molar-refractivity contribution in [3.8, 4) is 0 Å². The van der Waals surface area contributed by atoms with Gasteiger partial charge in [0.25, 0.3) is 0 Å². The van der Waals surface area contributed by atoms with E-state index in [2.05, 4.69) is 5.32 Å². The Hall–Kier alpha value is -0.580. The van der Waals surface area contributed by atoms with Crippen LogP contribution >= 0.6 is 22.9 Å². The van der Waals surface area contributed by atoms with E-state index in [1.54, 1.807) is 0 Å². The van der Waals surface area contributed by atoms with Gasteiger partial charge in [0, 0.05) is 16.8 Å². The van der Waals surface area contributed by atoms with Crippen LogP contribution in [0.1, 0.15) is 17.7 Å². The molecule has 1 amide bonds. The standard InChI is InChI=1S/C10H13ClN2OS/c11-9-2-1-8(15-9)5-13-10(14)6-3-7(12)4-6/h1-2,6-7H,3-5,12H2,(H,13,14). The van der Waals surface area contributed by atoms with Gasteiger partial charge >= 0.3 is 0 Å². The molecule has 1 fully saturated rings. The normalized spacial score (nSPS) is 24.7. The molecule has 1 saturated carbocycles. The van der Waals surface area contributed by atoms with Gasteiger partial charge in [-0.1, -0.05) is 11.6 Å².